The van der Waals surface area contributed by atoms with Crippen molar-refractivity contribution in [3.63, 3.8) is 0 Å². The highest BCUT2D eigenvalue weighted by atomic mass is 16.5. The van der Waals surface area contributed by atoms with Gasteiger partial charge in [0.2, 0.25) is 0 Å². The lowest BCUT2D eigenvalue weighted by molar-refractivity contribution is 0.0912. The third-order valence-electron chi connectivity index (χ3n) is 3.57. The molecular weight excluding hydrogens is 230 g/mol. The number of carbonyl (C=O) groups excluding carboxylic acids is 1. The standard InChI is InChI=1S/C14H19NO3/c1-17-12-5-4-10(8-13(12)18-2)11(16)9-14(15)6-3-7-14/h4-5,8H,3,6-7,9,15H2,1-2H3. The Bertz CT molecular complexity index is 452. The molecular formula is C14H19NO3. The number of Topliss-reactive ketones (excluding diaryl/α,β-unsaturated/α-hetero) is 1. The molecule has 4 heteroatoms. The van der Waals surface area contributed by atoms with Crippen LogP contribution in [0.5, 0.6) is 11.5 Å². The first-order valence-corrected chi connectivity index (χ1v) is 6.12. The summed E-state index contributed by atoms with van der Waals surface area (Å²) < 4.78 is 10.3. The fraction of sp³-hybridized carbons (Fsp3) is 0.500. The van der Waals surface area contributed by atoms with Crippen molar-refractivity contribution in [2.45, 2.75) is 31.2 Å². The second-order valence-corrected chi connectivity index (χ2v) is 4.89. The second-order valence-electron chi connectivity index (χ2n) is 4.89. The van der Waals surface area contributed by atoms with Gasteiger partial charge >= 0.3 is 0 Å². The molecule has 1 aliphatic rings. The van der Waals surface area contributed by atoms with Crippen LogP contribution >= 0.6 is 0 Å². The molecule has 0 saturated heterocycles. The minimum absolute atomic E-state index is 0.0677. The first-order chi connectivity index (χ1) is 8.58. The number of hydrogen-bond donors (Lipinski definition) is 1. The van der Waals surface area contributed by atoms with E-state index in [4.69, 9.17) is 15.2 Å². The van der Waals surface area contributed by atoms with Gasteiger partial charge in [-0.1, -0.05) is 0 Å². The molecule has 0 unspecified atom stereocenters. The summed E-state index contributed by atoms with van der Waals surface area (Å²) in [6, 6.07) is 5.21. The summed E-state index contributed by atoms with van der Waals surface area (Å²) in [6.07, 6.45) is 3.40. The third-order valence-corrected chi connectivity index (χ3v) is 3.57. The minimum atomic E-state index is -0.287. The van der Waals surface area contributed by atoms with Crippen LogP contribution in [-0.2, 0) is 0 Å². The van der Waals surface area contributed by atoms with E-state index in [1.165, 1.54) is 0 Å². The summed E-state index contributed by atoms with van der Waals surface area (Å²) >= 11 is 0. The number of benzene rings is 1. The second kappa shape index (κ2) is 4.98. The summed E-state index contributed by atoms with van der Waals surface area (Å²) in [4.78, 5) is 12.1. The Morgan fingerprint density at radius 1 is 1.28 bits per heavy atom. The summed E-state index contributed by atoms with van der Waals surface area (Å²) in [7, 11) is 3.13. The van der Waals surface area contributed by atoms with Crippen LogP contribution in [0.15, 0.2) is 18.2 Å². The number of ketones is 1. The van der Waals surface area contributed by atoms with Crippen molar-refractivity contribution in [1.29, 1.82) is 0 Å². The maximum absolute atomic E-state index is 12.1. The maximum atomic E-state index is 12.1. The molecule has 0 atom stereocenters. The lowest BCUT2D eigenvalue weighted by Crippen LogP contribution is -2.48. The molecule has 0 heterocycles. The Kier molecular flexibility index (Phi) is 3.57. The van der Waals surface area contributed by atoms with E-state index in [1.54, 1.807) is 32.4 Å². The molecule has 1 aromatic carbocycles. The van der Waals surface area contributed by atoms with Crippen molar-refractivity contribution >= 4 is 5.78 Å². The Morgan fingerprint density at radius 2 is 1.94 bits per heavy atom. The van der Waals surface area contributed by atoms with Gasteiger partial charge in [-0.25, -0.2) is 0 Å². The predicted molar refractivity (Wildman–Crippen MR) is 69.3 cm³/mol. The molecule has 0 aliphatic heterocycles. The average Bonchev–Trinajstić information content (AvgIpc) is 2.35. The van der Waals surface area contributed by atoms with Crippen LogP contribution in [0.25, 0.3) is 0 Å². The van der Waals surface area contributed by atoms with Crippen molar-refractivity contribution < 1.29 is 14.3 Å². The smallest absolute Gasteiger partial charge is 0.164 e. The van der Waals surface area contributed by atoms with Gasteiger partial charge in [0, 0.05) is 17.5 Å². The summed E-state index contributed by atoms with van der Waals surface area (Å²) in [5, 5.41) is 0. The fourth-order valence-electron chi connectivity index (χ4n) is 2.24. The van der Waals surface area contributed by atoms with Crippen molar-refractivity contribution in [2.75, 3.05) is 14.2 Å². The van der Waals surface area contributed by atoms with Gasteiger partial charge < -0.3 is 15.2 Å². The Morgan fingerprint density at radius 3 is 2.44 bits per heavy atom. The first-order valence-electron chi connectivity index (χ1n) is 6.12. The molecule has 0 bridgehead atoms. The first kappa shape index (κ1) is 12.9. The fourth-order valence-corrected chi connectivity index (χ4v) is 2.24. The molecule has 2 N–H and O–H groups in total. The van der Waals surface area contributed by atoms with Crippen molar-refractivity contribution in [3.8, 4) is 11.5 Å². The van der Waals surface area contributed by atoms with Crippen molar-refractivity contribution in [2.24, 2.45) is 5.73 Å². The largest absolute Gasteiger partial charge is 0.493 e. The monoisotopic (exact) mass is 249 g/mol. The average molecular weight is 249 g/mol. The summed E-state index contributed by atoms with van der Waals surface area (Å²) in [5.41, 5.74) is 6.43. The predicted octanol–water partition coefficient (Wildman–Crippen LogP) is 2.16. The lowest BCUT2D eigenvalue weighted by Gasteiger charge is -2.37. The van der Waals surface area contributed by atoms with Gasteiger partial charge in [-0.05, 0) is 37.5 Å². The van der Waals surface area contributed by atoms with Crippen LogP contribution in [0.1, 0.15) is 36.0 Å². The van der Waals surface area contributed by atoms with Crippen molar-refractivity contribution in [3.05, 3.63) is 23.8 Å². The van der Waals surface area contributed by atoms with Crippen LogP contribution in [0.4, 0.5) is 0 Å². The molecule has 0 amide bonds. The van der Waals surface area contributed by atoms with E-state index in [-0.39, 0.29) is 11.3 Å². The maximum Gasteiger partial charge on any atom is 0.164 e. The number of hydrogen-bond acceptors (Lipinski definition) is 4. The Labute approximate surface area is 107 Å². The van der Waals surface area contributed by atoms with Crippen molar-refractivity contribution in [1.82, 2.24) is 0 Å². The van der Waals surface area contributed by atoms with E-state index in [0.717, 1.165) is 19.3 Å². The van der Waals surface area contributed by atoms with Gasteiger partial charge in [-0.2, -0.15) is 0 Å². The molecule has 1 saturated carbocycles. The highest BCUT2D eigenvalue weighted by Crippen LogP contribution is 2.34. The molecule has 4 nitrogen and oxygen atoms in total. The van der Waals surface area contributed by atoms with Crippen LogP contribution in [0.3, 0.4) is 0 Å². The molecule has 0 radical (unpaired) electrons. The lowest BCUT2D eigenvalue weighted by atomic mass is 9.74. The quantitative estimate of drug-likeness (QED) is 0.812. The Hall–Kier alpha value is -1.55. The number of ether oxygens (including phenoxy) is 2. The SMILES string of the molecule is COc1ccc(C(=O)CC2(N)CCC2)cc1OC. The van der Waals surface area contributed by atoms with Gasteiger partial charge in [-0.15, -0.1) is 0 Å². The van der Waals surface area contributed by atoms with E-state index < -0.39 is 0 Å². The van der Waals surface area contributed by atoms with Crippen LogP contribution in [0.2, 0.25) is 0 Å². The zero-order valence-corrected chi connectivity index (χ0v) is 10.9. The van der Waals surface area contributed by atoms with Gasteiger partial charge in [0.1, 0.15) is 0 Å². The van der Waals surface area contributed by atoms with Crippen LogP contribution in [-0.4, -0.2) is 25.5 Å². The molecule has 98 valence electrons. The third kappa shape index (κ3) is 2.48. The minimum Gasteiger partial charge on any atom is -0.493 e. The van der Waals surface area contributed by atoms with Gasteiger partial charge in [0.15, 0.2) is 17.3 Å². The molecule has 1 aromatic rings. The number of nitrogens with two attached hydrogens (primary N) is 1. The number of carbonyl (C=O) groups is 1. The van der Waals surface area contributed by atoms with Gasteiger partial charge in [0.05, 0.1) is 14.2 Å². The topological polar surface area (TPSA) is 61.5 Å². The highest BCUT2D eigenvalue weighted by molar-refractivity contribution is 5.97. The van der Waals surface area contributed by atoms with Crippen LogP contribution < -0.4 is 15.2 Å². The normalized spacial score (nSPS) is 16.8. The summed E-state index contributed by atoms with van der Waals surface area (Å²) in [6.45, 7) is 0. The zero-order valence-electron chi connectivity index (χ0n) is 10.9. The zero-order chi connectivity index (χ0) is 13.2. The van der Waals surface area contributed by atoms with Crippen LogP contribution in [0, 0.1) is 0 Å². The molecule has 18 heavy (non-hydrogen) atoms. The van der Waals surface area contributed by atoms with E-state index >= 15 is 0 Å². The highest BCUT2D eigenvalue weighted by Gasteiger charge is 2.34. The van der Waals surface area contributed by atoms with E-state index in [2.05, 4.69) is 0 Å². The summed E-state index contributed by atoms with van der Waals surface area (Å²) in [5.74, 6) is 1.27. The molecule has 1 fully saturated rings. The van der Waals surface area contributed by atoms with E-state index in [1.807, 2.05) is 0 Å². The van der Waals surface area contributed by atoms with E-state index in [9.17, 15) is 4.79 Å². The molecule has 0 spiro atoms. The number of methoxy groups -OCH3 is 2. The van der Waals surface area contributed by atoms with E-state index in [0.29, 0.717) is 23.5 Å². The van der Waals surface area contributed by atoms with Gasteiger partial charge in [-0.3, -0.25) is 4.79 Å². The van der Waals surface area contributed by atoms with Gasteiger partial charge in [0.25, 0.3) is 0 Å². The molecule has 0 aromatic heterocycles. The number of rotatable bonds is 5. The Balaban J connectivity index is 2.15. The molecule has 2 rings (SSSR count). The molecule has 1 aliphatic carbocycles.